The molecule has 1 aliphatic heterocycles. The van der Waals surface area contributed by atoms with Crippen LogP contribution in [0.25, 0.3) is 5.65 Å². The highest BCUT2D eigenvalue weighted by molar-refractivity contribution is 5.83. The maximum Gasteiger partial charge on any atom is 0.171 e. The topological polar surface area (TPSA) is 50.5 Å². The van der Waals surface area contributed by atoms with E-state index in [0.717, 1.165) is 31.6 Å². The van der Waals surface area contributed by atoms with E-state index in [1.165, 1.54) is 6.42 Å². The van der Waals surface area contributed by atoms with Gasteiger partial charge in [0.2, 0.25) is 0 Å². The highest BCUT2D eigenvalue weighted by Gasteiger charge is 2.28. The zero-order chi connectivity index (χ0) is 12.5. The summed E-state index contributed by atoms with van der Waals surface area (Å²) in [5, 5.41) is 8.45. The van der Waals surface area contributed by atoms with Crippen LogP contribution in [-0.2, 0) is 0 Å². The number of carbonyl (C=O) groups excluding carboxylic acids is 1. The van der Waals surface area contributed by atoms with Crippen LogP contribution in [0.15, 0.2) is 18.3 Å². The van der Waals surface area contributed by atoms with Crippen molar-refractivity contribution in [3.8, 4) is 0 Å². The molecule has 0 aromatic carbocycles. The molecule has 0 amide bonds. The van der Waals surface area contributed by atoms with Gasteiger partial charge in [0.15, 0.2) is 17.8 Å². The number of fused-ring (bicyclic) bond motifs is 1. The van der Waals surface area contributed by atoms with Gasteiger partial charge in [-0.3, -0.25) is 14.1 Å². The second-order valence-electron chi connectivity index (χ2n) is 4.62. The third-order valence-electron chi connectivity index (χ3n) is 3.69. The lowest BCUT2D eigenvalue weighted by molar-refractivity contribution is 0.112. The van der Waals surface area contributed by atoms with Crippen LogP contribution in [0.5, 0.6) is 0 Å². The predicted octanol–water partition coefficient (Wildman–Crippen LogP) is 1.70. The van der Waals surface area contributed by atoms with Gasteiger partial charge in [-0.05, 0) is 38.1 Å². The summed E-state index contributed by atoms with van der Waals surface area (Å²) in [5.74, 6) is 0.952. The molecule has 18 heavy (non-hydrogen) atoms. The number of likely N-dealkylation sites (tertiary alicyclic amines) is 1. The maximum atomic E-state index is 11.0. The first-order valence-electron chi connectivity index (χ1n) is 6.38. The number of aldehydes is 1. The lowest BCUT2D eigenvalue weighted by Crippen LogP contribution is -2.24. The van der Waals surface area contributed by atoms with E-state index >= 15 is 0 Å². The zero-order valence-corrected chi connectivity index (χ0v) is 10.4. The van der Waals surface area contributed by atoms with Crippen molar-refractivity contribution in [3.05, 3.63) is 29.7 Å². The fourth-order valence-electron chi connectivity index (χ4n) is 2.77. The molecule has 2 aromatic rings. The van der Waals surface area contributed by atoms with Crippen molar-refractivity contribution in [3.63, 3.8) is 0 Å². The Bertz CT molecular complexity index is 577. The maximum absolute atomic E-state index is 11.0. The molecule has 3 rings (SSSR count). The van der Waals surface area contributed by atoms with Crippen molar-refractivity contribution < 1.29 is 4.79 Å². The Labute approximate surface area is 105 Å². The van der Waals surface area contributed by atoms with Gasteiger partial charge in [-0.15, -0.1) is 10.2 Å². The van der Waals surface area contributed by atoms with E-state index < -0.39 is 0 Å². The number of pyridine rings is 1. The third-order valence-corrected chi connectivity index (χ3v) is 3.69. The molecule has 1 unspecified atom stereocenters. The molecule has 0 N–H and O–H groups in total. The molecular weight excluding hydrogens is 228 g/mol. The first-order valence-corrected chi connectivity index (χ1v) is 6.38. The van der Waals surface area contributed by atoms with Crippen molar-refractivity contribution in [1.29, 1.82) is 0 Å². The van der Waals surface area contributed by atoms with E-state index in [0.29, 0.717) is 17.3 Å². The van der Waals surface area contributed by atoms with Crippen LogP contribution in [0.4, 0.5) is 0 Å². The van der Waals surface area contributed by atoms with Crippen LogP contribution in [-0.4, -0.2) is 38.9 Å². The zero-order valence-electron chi connectivity index (χ0n) is 10.4. The Kier molecular flexibility index (Phi) is 2.83. The second-order valence-corrected chi connectivity index (χ2v) is 4.62. The first-order chi connectivity index (χ1) is 8.85. The van der Waals surface area contributed by atoms with Gasteiger partial charge in [0.1, 0.15) is 0 Å². The Balaban J connectivity index is 2.10. The van der Waals surface area contributed by atoms with Crippen LogP contribution in [0.1, 0.15) is 42.0 Å². The van der Waals surface area contributed by atoms with E-state index in [2.05, 4.69) is 22.0 Å². The standard InChI is InChI=1S/C13H16N4O/c1-2-16-7-4-6-11(16)13-15-14-12-10(9-18)5-3-8-17(12)13/h3,5,8-9,11H,2,4,6-7H2,1H3. The quantitative estimate of drug-likeness (QED) is 0.771. The number of hydrogen-bond donors (Lipinski definition) is 0. The van der Waals surface area contributed by atoms with Gasteiger partial charge in [-0.1, -0.05) is 6.92 Å². The molecule has 0 radical (unpaired) electrons. The van der Waals surface area contributed by atoms with Crippen LogP contribution in [0.3, 0.4) is 0 Å². The van der Waals surface area contributed by atoms with Gasteiger partial charge >= 0.3 is 0 Å². The highest BCUT2D eigenvalue weighted by Crippen LogP contribution is 2.30. The van der Waals surface area contributed by atoms with Crippen LogP contribution in [0.2, 0.25) is 0 Å². The number of nitrogens with zero attached hydrogens (tertiary/aromatic N) is 4. The van der Waals surface area contributed by atoms with Crippen LogP contribution >= 0.6 is 0 Å². The average Bonchev–Trinajstić information content (AvgIpc) is 3.03. The molecule has 0 saturated carbocycles. The summed E-state index contributed by atoms with van der Waals surface area (Å²) in [7, 11) is 0. The molecule has 0 bridgehead atoms. The number of rotatable bonds is 3. The van der Waals surface area contributed by atoms with Gasteiger partial charge in [-0.2, -0.15) is 0 Å². The minimum absolute atomic E-state index is 0.326. The van der Waals surface area contributed by atoms with Gasteiger partial charge in [0.25, 0.3) is 0 Å². The Morgan fingerprint density at radius 2 is 2.39 bits per heavy atom. The summed E-state index contributed by atoms with van der Waals surface area (Å²) < 4.78 is 1.95. The van der Waals surface area contributed by atoms with E-state index in [4.69, 9.17) is 0 Å². The monoisotopic (exact) mass is 244 g/mol. The van der Waals surface area contributed by atoms with Crippen molar-refractivity contribution in [1.82, 2.24) is 19.5 Å². The lowest BCUT2D eigenvalue weighted by Gasteiger charge is -2.20. The first kappa shape index (κ1) is 11.3. The number of carbonyl (C=O) groups is 1. The SMILES string of the molecule is CCN1CCCC1c1nnc2c(C=O)cccn12. The van der Waals surface area contributed by atoms with Crippen molar-refractivity contribution >= 4 is 11.9 Å². The molecule has 94 valence electrons. The molecule has 3 heterocycles. The van der Waals surface area contributed by atoms with E-state index in [1.807, 2.05) is 16.7 Å². The predicted molar refractivity (Wildman–Crippen MR) is 67.6 cm³/mol. The average molecular weight is 244 g/mol. The van der Waals surface area contributed by atoms with Gasteiger partial charge in [0, 0.05) is 6.20 Å². The molecule has 1 fully saturated rings. The molecule has 0 spiro atoms. The molecule has 5 nitrogen and oxygen atoms in total. The summed E-state index contributed by atoms with van der Waals surface area (Å²) >= 11 is 0. The Hall–Kier alpha value is -1.75. The van der Waals surface area contributed by atoms with Crippen molar-refractivity contribution in [2.75, 3.05) is 13.1 Å². The largest absolute Gasteiger partial charge is 0.298 e. The molecule has 1 saturated heterocycles. The Morgan fingerprint density at radius 3 is 3.17 bits per heavy atom. The second kappa shape index (κ2) is 4.49. The highest BCUT2D eigenvalue weighted by atomic mass is 16.1. The minimum atomic E-state index is 0.326. The van der Waals surface area contributed by atoms with Gasteiger partial charge in [-0.25, -0.2) is 0 Å². The summed E-state index contributed by atoms with van der Waals surface area (Å²) in [6.45, 7) is 4.30. The molecular formula is C13H16N4O. The van der Waals surface area contributed by atoms with E-state index in [1.54, 1.807) is 6.07 Å². The van der Waals surface area contributed by atoms with Crippen LogP contribution in [0, 0.1) is 0 Å². The molecule has 0 aliphatic carbocycles. The third kappa shape index (κ3) is 1.62. The Morgan fingerprint density at radius 1 is 1.50 bits per heavy atom. The van der Waals surface area contributed by atoms with Crippen LogP contribution < -0.4 is 0 Å². The van der Waals surface area contributed by atoms with Gasteiger partial charge in [0.05, 0.1) is 11.6 Å². The number of aromatic nitrogens is 3. The summed E-state index contributed by atoms with van der Waals surface area (Å²) in [6.07, 6.45) is 5.07. The van der Waals surface area contributed by atoms with Crippen molar-refractivity contribution in [2.24, 2.45) is 0 Å². The summed E-state index contributed by atoms with van der Waals surface area (Å²) in [6, 6.07) is 3.97. The normalized spacial score (nSPS) is 20.6. The van der Waals surface area contributed by atoms with Crippen molar-refractivity contribution in [2.45, 2.75) is 25.8 Å². The minimum Gasteiger partial charge on any atom is -0.298 e. The lowest BCUT2D eigenvalue weighted by atomic mass is 10.2. The molecule has 2 aromatic heterocycles. The fraction of sp³-hybridized carbons (Fsp3) is 0.462. The van der Waals surface area contributed by atoms with E-state index in [-0.39, 0.29) is 0 Å². The molecule has 1 atom stereocenters. The molecule has 5 heteroatoms. The number of hydrogen-bond acceptors (Lipinski definition) is 4. The van der Waals surface area contributed by atoms with E-state index in [9.17, 15) is 4.79 Å². The fourth-order valence-corrected chi connectivity index (χ4v) is 2.77. The molecule has 1 aliphatic rings. The summed E-state index contributed by atoms with van der Waals surface area (Å²) in [4.78, 5) is 13.4. The van der Waals surface area contributed by atoms with Gasteiger partial charge < -0.3 is 0 Å². The summed E-state index contributed by atoms with van der Waals surface area (Å²) in [5.41, 5.74) is 1.25. The smallest absolute Gasteiger partial charge is 0.171 e.